The molecule has 0 bridgehead atoms. The predicted octanol–water partition coefficient (Wildman–Crippen LogP) is 3.15. The molecule has 1 heterocycles. The van der Waals surface area contributed by atoms with Crippen molar-refractivity contribution in [1.29, 1.82) is 0 Å². The van der Waals surface area contributed by atoms with Crippen LogP contribution in [0, 0.1) is 0 Å². The Labute approximate surface area is 344 Å². The van der Waals surface area contributed by atoms with E-state index in [1.54, 1.807) is 0 Å². The van der Waals surface area contributed by atoms with Gasteiger partial charge in [-0.1, -0.05) is 18.2 Å². The fourth-order valence-corrected chi connectivity index (χ4v) is 9.42. The summed E-state index contributed by atoms with van der Waals surface area (Å²) in [7, 11) is -24.1. The molecule has 7 N–H and O–H groups in total. The third-order valence-electron chi connectivity index (χ3n) is 8.02. The lowest BCUT2D eigenvalue weighted by Crippen LogP contribution is -2.27. The first-order valence-corrected chi connectivity index (χ1v) is 23.6. The Balaban J connectivity index is 1.26. The van der Waals surface area contributed by atoms with Crippen LogP contribution in [0.3, 0.4) is 0 Å². The van der Waals surface area contributed by atoms with Gasteiger partial charge in [0.05, 0.1) is 22.9 Å². The quantitative estimate of drug-likeness (QED) is 0.0621. The molecule has 29 heteroatoms. The molecule has 0 unspecified atom stereocenters. The van der Waals surface area contributed by atoms with Gasteiger partial charge >= 0.3 is 10.4 Å². The SMILES string of the molecule is O=C1/C(=N\Nc2ccc3c(S(=O)(=O)O)cccc3c2S(=O)(=O)O)C(S(=O)(=O)O)=Cc2cc(Nc3nc(Cl)nc(Nc4ccc(S(=O)(=O)CCOS(=O)(=O)O)cc4)n3)ccc21. The molecule has 0 fully saturated rings. The van der Waals surface area contributed by atoms with Crippen LogP contribution in [-0.4, -0.2) is 99.1 Å². The minimum Gasteiger partial charge on any atom is -0.324 e. The summed E-state index contributed by atoms with van der Waals surface area (Å²) in [5.41, 5.74) is 0.879. The Bertz CT molecular complexity index is 3260. The number of hydrogen-bond acceptors (Lipinski definition) is 19. The number of nitrogens with one attached hydrogen (secondary N) is 3. The van der Waals surface area contributed by atoms with Gasteiger partial charge in [-0.3, -0.25) is 28.4 Å². The van der Waals surface area contributed by atoms with Crippen molar-refractivity contribution >= 4 is 119 Å². The Morgan fingerprint density at radius 2 is 1.33 bits per heavy atom. The number of nitrogens with zero attached hydrogens (tertiary/aromatic N) is 4. The summed E-state index contributed by atoms with van der Waals surface area (Å²) in [5, 5.41) is 8.27. The zero-order valence-corrected chi connectivity index (χ0v) is 34.2. The van der Waals surface area contributed by atoms with Crippen LogP contribution < -0.4 is 16.1 Å². The molecular weight excluding hydrogens is 922 g/mol. The van der Waals surface area contributed by atoms with E-state index in [4.69, 9.17) is 16.2 Å². The van der Waals surface area contributed by atoms with E-state index < -0.39 is 100 Å². The summed E-state index contributed by atoms with van der Waals surface area (Å²) in [6.07, 6.45) is 0.874. The summed E-state index contributed by atoms with van der Waals surface area (Å²) >= 11 is 6.09. The van der Waals surface area contributed by atoms with Crippen LogP contribution in [0.5, 0.6) is 0 Å². The third-order valence-corrected chi connectivity index (χ3v) is 13.1. The van der Waals surface area contributed by atoms with E-state index in [9.17, 15) is 60.5 Å². The topological polar surface area (TPSA) is 365 Å². The van der Waals surface area contributed by atoms with E-state index in [1.165, 1.54) is 42.5 Å². The third kappa shape index (κ3) is 10.1. The monoisotopic (exact) mass is 945 g/mol. The minimum absolute atomic E-state index is 0.0725. The molecule has 0 amide bonds. The summed E-state index contributed by atoms with van der Waals surface area (Å²) in [5.74, 6) is -2.17. The van der Waals surface area contributed by atoms with E-state index in [0.717, 1.165) is 36.4 Å². The number of allylic oxidation sites excluding steroid dienone is 1. The van der Waals surface area contributed by atoms with E-state index in [-0.39, 0.29) is 50.0 Å². The van der Waals surface area contributed by atoms with Crippen LogP contribution in [0.15, 0.2) is 97.5 Å². The van der Waals surface area contributed by atoms with E-state index in [1.807, 2.05) is 0 Å². The Hall–Kier alpha value is -5.53. The largest absolute Gasteiger partial charge is 0.397 e. The maximum atomic E-state index is 13.6. The number of benzene rings is 4. The standard InChI is InChI=1S/C31H24ClN7O16S5/c32-29-35-30(33-17-4-7-19(8-5-17)56(41,42)13-12-55-60(52,53)54)37-31(36-29)34-18-6-9-20-16(14-18)15-25(58(46,47)48)26(27(20)40)39-38-23-11-10-21-22(28(23)59(49,50)51)2-1-3-24(21)57(43,44)45/h1-11,14-15,38H,12-13H2,(H,43,44,45)(H,46,47,48)(H,49,50,51)(H,52,53,54)(H2,33,34,35,36,37)/b39-26-. The zero-order valence-electron chi connectivity index (χ0n) is 29.3. The highest BCUT2D eigenvalue weighted by atomic mass is 35.5. The number of carbonyl (C=O) groups is 1. The van der Waals surface area contributed by atoms with Gasteiger partial charge in [-0.25, -0.2) is 12.6 Å². The summed E-state index contributed by atoms with van der Waals surface area (Å²) < 4.78 is 163. The molecule has 1 aliphatic rings. The molecule has 60 heavy (non-hydrogen) atoms. The maximum absolute atomic E-state index is 13.6. The number of rotatable bonds is 14. The van der Waals surface area contributed by atoms with Crippen LogP contribution in [-0.2, 0) is 54.8 Å². The number of carbonyl (C=O) groups excluding carboxylic acids is 1. The smallest absolute Gasteiger partial charge is 0.324 e. The summed E-state index contributed by atoms with van der Waals surface area (Å²) in [4.78, 5) is 22.8. The van der Waals surface area contributed by atoms with Crippen molar-refractivity contribution in [3.63, 3.8) is 0 Å². The number of aromatic nitrogens is 3. The van der Waals surface area contributed by atoms with Crippen LogP contribution in [0.25, 0.3) is 16.8 Å². The number of hydrazone groups is 1. The molecule has 23 nitrogen and oxygen atoms in total. The first-order valence-electron chi connectivity index (χ1n) is 15.9. The second-order valence-corrected chi connectivity index (χ2v) is 19.7. The summed E-state index contributed by atoms with van der Waals surface area (Å²) in [6, 6.07) is 14.0. The van der Waals surface area contributed by atoms with Crippen molar-refractivity contribution in [3.05, 3.63) is 94.1 Å². The lowest BCUT2D eigenvalue weighted by Gasteiger charge is -2.18. The zero-order chi connectivity index (χ0) is 44.0. The average molecular weight is 946 g/mol. The molecule has 1 aliphatic carbocycles. The van der Waals surface area contributed by atoms with Crippen molar-refractivity contribution in [3.8, 4) is 0 Å². The van der Waals surface area contributed by atoms with Gasteiger partial charge in [-0.05, 0) is 77.8 Å². The molecule has 0 atom stereocenters. The van der Waals surface area contributed by atoms with Gasteiger partial charge in [0, 0.05) is 27.7 Å². The molecule has 1 aromatic heterocycles. The summed E-state index contributed by atoms with van der Waals surface area (Å²) in [6.45, 7) is -0.824. The lowest BCUT2D eigenvalue weighted by atomic mass is 9.94. The van der Waals surface area contributed by atoms with E-state index >= 15 is 0 Å². The van der Waals surface area contributed by atoms with Gasteiger partial charge in [-0.2, -0.15) is 53.7 Å². The molecule has 316 valence electrons. The fraction of sp³-hybridized carbons (Fsp3) is 0.0645. The number of fused-ring (bicyclic) bond motifs is 2. The Morgan fingerprint density at radius 1 is 0.700 bits per heavy atom. The van der Waals surface area contributed by atoms with Crippen molar-refractivity contribution < 1.29 is 69.3 Å². The highest BCUT2D eigenvalue weighted by Gasteiger charge is 2.33. The number of anilines is 5. The number of ketones is 1. The predicted molar refractivity (Wildman–Crippen MR) is 212 cm³/mol. The molecule has 0 saturated carbocycles. The van der Waals surface area contributed by atoms with Crippen LogP contribution in [0.2, 0.25) is 5.28 Å². The Morgan fingerprint density at radius 3 is 1.93 bits per heavy atom. The molecule has 0 radical (unpaired) electrons. The van der Waals surface area contributed by atoms with E-state index in [2.05, 4.69) is 40.3 Å². The fourth-order valence-electron chi connectivity index (χ4n) is 5.56. The molecule has 0 spiro atoms. The van der Waals surface area contributed by atoms with Crippen LogP contribution in [0.1, 0.15) is 15.9 Å². The van der Waals surface area contributed by atoms with Crippen molar-refractivity contribution in [1.82, 2.24) is 15.0 Å². The number of halogens is 1. The van der Waals surface area contributed by atoms with Gasteiger partial charge in [0.2, 0.25) is 23.0 Å². The minimum atomic E-state index is -5.23. The average Bonchev–Trinajstić information content (AvgIpc) is 3.12. The first-order chi connectivity index (χ1) is 27.8. The number of sulfone groups is 1. The van der Waals surface area contributed by atoms with Gasteiger partial charge in [0.15, 0.2) is 15.5 Å². The van der Waals surface area contributed by atoms with Crippen LogP contribution in [0.4, 0.5) is 29.0 Å². The van der Waals surface area contributed by atoms with Crippen molar-refractivity contribution in [2.24, 2.45) is 5.10 Å². The first kappa shape index (κ1) is 44.0. The van der Waals surface area contributed by atoms with Crippen molar-refractivity contribution in [2.75, 3.05) is 28.4 Å². The van der Waals surface area contributed by atoms with Gasteiger partial charge in [-0.15, -0.1) is 0 Å². The molecule has 5 aromatic rings. The highest BCUT2D eigenvalue weighted by molar-refractivity contribution is 7.91. The van der Waals surface area contributed by atoms with Crippen LogP contribution >= 0.6 is 11.6 Å². The molecule has 0 aliphatic heterocycles. The van der Waals surface area contributed by atoms with E-state index in [0.29, 0.717) is 0 Å². The molecule has 0 saturated heterocycles. The lowest BCUT2D eigenvalue weighted by molar-refractivity contribution is 0.106. The maximum Gasteiger partial charge on any atom is 0.397 e. The Kier molecular flexibility index (Phi) is 11.9. The molecular formula is C31H24ClN7O16S5. The molecule has 4 aromatic carbocycles. The second kappa shape index (κ2) is 16.2. The number of Topliss-reactive ketones (excluding diaryl/α,β-unsaturated/α-hetero) is 1. The van der Waals surface area contributed by atoms with Gasteiger partial charge < -0.3 is 10.6 Å². The van der Waals surface area contributed by atoms with Crippen molar-refractivity contribution in [2.45, 2.75) is 14.7 Å². The molecule has 6 rings (SSSR count). The normalized spacial score (nSPS) is 14.4. The number of hydrogen-bond donors (Lipinski definition) is 7. The van der Waals surface area contributed by atoms with Gasteiger partial charge in [0.25, 0.3) is 30.4 Å². The highest BCUT2D eigenvalue weighted by Crippen LogP contribution is 2.35. The second-order valence-electron chi connectivity index (χ2n) is 12.0. The van der Waals surface area contributed by atoms with Gasteiger partial charge in [0.1, 0.15) is 14.7 Å².